The summed E-state index contributed by atoms with van der Waals surface area (Å²) in [5, 5.41) is 14.6. The molecule has 7 nitrogen and oxygen atoms in total. The van der Waals surface area contributed by atoms with Gasteiger partial charge in [0.1, 0.15) is 13.2 Å². The molecule has 2 rings (SSSR count). The molecule has 2 aromatic rings. The summed E-state index contributed by atoms with van der Waals surface area (Å²) in [6.45, 7) is -0.658. The Morgan fingerprint density at radius 1 is 1.42 bits per heavy atom. The number of carbonyl (C=O) groups is 2. The molecule has 1 aromatic carbocycles. The highest BCUT2D eigenvalue weighted by Gasteiger charge is 2.15. The Labute approximate surface area is 147 Å². The number of alkyl carbamates (subject to hydrolysis) is 1. The van der Waals surface area contributed by atoms with Crippen molar-refractivity contribution in [1.29, 1.82) is 0 Å². The summed E-state index contributed by atoms with van der Waals surface area (Å²) in [7, 11) is 1.46. The minimum Gasteiger partial charge on any atom is -0.443 e. The first-order valence-electron chi connectivity index (χ1n) is 7.00. The van der Waals surface area contributed by atoms with Gasteiger partial charge < -0.3 is 15.2 Å². The van der Waals surface area contributed by atoms with Crippen LogP contribution in [0.2, 0.25) is 5.02 Å². The van der Waals surface area contributed by atoms with Crippen molar-refractivity contribution in [2.75, 3.05) is 19.0 Å². The highest BCUT2D eigenvalue weighted by Crippen LogP contribution is 2.27. The number of halogens is 1. The van der Waals surface area contributed by atoms with Gasteiger partial charge in [-0.15, -0.1) is 11.3 Å². The van der Waals surface area contributed by atoms with E-state index in [0.717, 1.165) is 10.4 Å². The lowest BCUT2D eigenvalue weighted by molar-refractivity contribution is -0.118. The Morgan fingerprint density at radius 3 is 2.88 bits per heavy atom. The Balaban J connectivity index is 2.21. The molecule has 0 unspecified atom stereocenters. The third-order valence-electron chi connectivity index (χ3n) is 2.97. The van der Waals surface area contributed by atoms with Crippen LogP contribution in [0.4, 0.5) is 9.93 Å². The maximum absolute atomic E-state index is 11.3. The first-order chi connectivity index (χ1) is 11.5. The number of hydrogen-bond acceptors (Lipinski definition) is 6. The lowest BCUT2D eigenvalue weighted by atomic mass is 10.1. The fourth-order valence-electron chi connectivity index (χ4n) is 1.88. The maximum Gasteiger partial charge on any atom is 0.407 e. The number of aliphatic hydroxyl groups excluding tert-OH is 1. The third kappa shape index (κ3) is 5.19. The predicted molar refractivity (Wildman–Crippen MR) is 91.3 cm³/mol. The number of hydrogen-bond donors (Lipinski definition) is 3. The third-order valence-corrected chi connectivity index (χ3v) is 4.21. The molecule has 0 aliphatic rings. The van der Waals surface area contributed by atoms with Crippen LogP contribution in [-0.4, -0.2) is 35.7 Å². The molecule has 2 amide bonds. The lowest BCUT2D eigenvalue weighted by Gasteiger charge is -2.04. The Morgan fingerprint density at radius 2 is 2.21 bits per heavy atom. The molecule has 1 heterocycles. The van der Waals surface area contributed by atoms with Crippen molar-refractivity contribution in [2.24, 2.45) is 0 Å². The monoisotopic (exact) mass is 369 g/mol. The van der Waals surface area contributed by atoms with Crippen molar-refractivity contribution in [3.05, 3.63) is 45.4 Å². The second-order valence-electron chi connectivity index (χ2n) is 4.73. The number of thiazole rings is 1. The van der Waals surface area contributed by atoms with Crippen LogP contribution in [0.15, 0.2) is 24.3 Å². The summed E-state index contributed by atoms with van der Waals surface area (Å²) in [5.41, 5.74) is 1.50. The van der Waals surface area contributed by atoms with E-state index in [4.69, 9.17) is 21.4 Å². The number of rotatable bonds is 6. The molecule has 0 fully saturated rings. The van der Waals surface area contributed by atoms with Crippen molar-refractivity contribution in [2.45, 2.75) is 13.0 Å². The fraction of sp³-hybridized carbons (Fsp3) is 0.267. The molecule has 128 valence electrons. The molecular weight excluding hydrogens is 354 g/mol. The fourth-order valence-corrected chi connectivity index (χ4v) is 3.11. The summed E-state index contributed by atoms with van der Waals surface area (Å²) in [6.07, 6.45) is -0.0442. The number of nitrogens with zero attached hydrogens (tertiary/aromatic N) is 1. The number of benzene rings is 1. The number of aliphatic hydroxyl groups is 1. The molecular formula is C15H16ClN3O4S. The molecule has 3 N–H and O–H groups in total. The average Bonchev–Trinajstić information content (AvgIpc) is 2.93. The van der Waals surface area contributed by atoms with Crippen LogP contribution in [0.25, 0.3) is 0 Å². The van der Waals surface area contributed by atoms with Crippen LogP contribution in [0.3, 0.4) is 0 Å². The molecule has 0 atom stereocenters. The van der Waals surface area contributed by atoms with E-state index >= 15 is 0 Å². The molecule has 1 aromatic heterocycles. The quantitative estimate of drug-likeness (QED) is 0.724. The number of nitrogens with one attached hydrogen (secondary N) is 2. The zero-order valence-electron chi connectivity index (χ0n) is 12.8. The molecule has 0 bridgehead atoms. The van der Waals surface area contributed by atoms with Gasteiger partial charge in [-0.1, -0.05) is 23.7 Å². The van der Waals surface area contributed by atoms with Crippen LogP contribution >= 0.6 is 22.9 Å². The summed E-state index contributed by atoms with van der Waals surface area (Å²) in [6, 6.07) is 7.37. The van der Waals surface area contributed by atoms with E-state index in [1.807, 2.05) is 18.2 Å². The van der Waals surface area contributed by atoms with E-state index in [-0.39, 0.29) is 6.61 Å². The molecule has 0 radical (unpaired) electrons. The van der Waals surface area contributed by atoms with Crippen LogP contribution < -0.4 is 10.6 Å². The highest BCUT2D eigenvalue weighted by atomic mass is 35.5. The predicted octanol–water partition coefficient (Wildman–Crippen LogP) is 2.17. The second kappa shape index (κ2) is 8.62. The zero-order valence-corrected chi connectivity index (χ0v) is 14.4. The van der Waals surface area contributed by atoms with Gasteiger partial charge in [-0.3, -0.25) is 10.1 Å². The summed E-state index contributed by atoms with van der Waals surface area (Å²) < 4.78 is 5.03. The van der Waals surface area contributed by atoms with Gasteiger partial charge in [0.25, 0.3) is 5.91 Å². The minimum atomic E-state index is -0.632. The standard InChI is InChI=1S/C15H16ClN3O4S/c1-17-15(22)23-8-11-12(6-9-3-2-4-10(16)5-9)24-14(18-11)19-13(21)7-20/h2-5,20H,6-8H2,1H3,(H,17,22)(H,18,19,21). The number of carbonyl (C=O) groups excluding carboxylic acids is 2. The first-order valence-corrected chi connectivity index (χ1v) is 8.19. The number of amides is 2. The number of ether oxygens (including phenoxy) is 1. The van der Waals surface area contributed by atoms with E-state index in [1.165, 1.54) is 18.4 Å². The van der Waals surface area contributed by atoms with Crippen molar-refractivity contribution < 1.29 is 19.4 Å². The van der Waals surface area contributed by atoms with Gasteiger partial charge in [-0.05, 0) is 17.7 Å². The molecule has 0 spiro atoms. The highest BCUT2D eigenvalue weighted by molar-refractivity contribution is 7.15. The average molecular weight is 370 g/mol. The lowest BCUT2D eigenvalue weighted by Crippen LogP contribution is -2.19. The Kier molecular flexibility index (Phi) is 6.53. The van der Waals surface area contributed by atoms with Crippen LogP contribution in [0.5, 0.6) is 0 Å². The van der Waals surface area contributed by atoms with Crippen molar-refractivity contribution in [3.63, 3.8) is 0 Å². The number of anilines is 1. The first kappa shape index (κ1) is 18.2. The van der Waals surface area contributed by atoms with Gasteiger partial charge in [0.2, 0.25) is 0 Å². The molecule has 0 saturated heterocycles. The zero-order chi connectivity index (χ0) is 17.5. The SMILES string of the molecule is CNC(=O)OCc1nc(NC(=O)CO)sc1Cc1cccc(Cl)c1. The van der Waals surface area contributed by atoms with E-state index < -0.39 is 18.6 Å². The largest absolute Gasteiger partial charge is 0.443 e. The van der Waals surface area contributed by atoms with Gasteiger partial charge in [-0.2, -0.15) is 0 Å². The normalized spacial score (nSPS) is 10.3. The van der Waals surface area contributed by atoms with Crippen LogP contribution in [-0.2, 0) is 22.6 Å². The minimum absolute atomic E-state index is 0.0267. The molecule has 0 aliphatic heterocycles. The smallest absolute Gasteiger partial charge is 0.407 e. The maximum atomic E-state index is 11.3. The summed E-state index contributed by atoms with van der Waals surface area (Å²) in [5.74, 6) is -0.558. The van der Waals surface area contributed by atoms with Gasteiger partial charge in [0.15, 0.2) is 5.13 Å². The van der Waals surface area contributed by atoms with Crippen molar-refractivity contribution in [3.8, 4) is 0 Å². The number of aromatic nitrogens is 1. The molecule has 0 aliphatic carbocycles. The molecule has 24 heavy (non-hydrogen) atoms. The van der Waals surface area contributed by atoms with E-state index in [2.05, 4.69) is 15.6 Å². The van der Waals surface area contributed by atoms with Gasteiger partial charge in [0.05, 0.1) is 5.69 Å². The van der Waals surface area contributed by atoms with E-state index in [9.17, 15) is 9.59 Å². The Bertz CT molecular complexity index is 735. The molecule has 9 heteroatoms. The van der Waals surface area contributed by atoms with Gasteiger partial charge in [-0.25, -0.2) is 9.78 Å². The Hall–Kier alpha value is -2.16. The van der Waals surface area contributed by atoms with Crippen molar-refractivity contribution in [1.82, 2.24) is 10.3 Å². The van der Waals surface area contributed by atoms with Crippen molar-refractivity contribution >= 4 is 40.1 Å². The second-order valence-corrected chi connectivity index (χ2v) is 6.25. The summed E-state index contributed by atoms with van der Waals surface area (Å²) >= 11 is 7.24. The molecule has 0 saturated carbocycles. The van der Waals surface area contributed by atoms with E-state index in [1.54, 1.807) is 6.07 Å². The summed E-state index contributed by atoms with van der Waals surface area (Å²) in [4.78, 5) is 27.7. The van der Waals surface area contributed by atoms with E-state index in [0.29, 0.717) is 22.3 Å². The van der Waals surface area contributed by atoms with Gasteiger partial charge >= 0.3 is 6.09 Å². The van der Waals surface area contributed by atoms with Crippen LogP contribution in [0, 0.1) is 0 Å². The topological polar surface area (TPSA) is 101 Å². The van der Waals surface area contributed by atoms with Gasteiger partial charge in [0, 0.05) is 23.4 Å². The van der Waals surface area contributed by atoms with Crippen LogP contribution in [0.1, 0.15) is 16.1 Å².